The van der Waals surface area contributed by atoms with Crippen LogP contribution in [0.2, 0.25) is 0 Å². The van der Waals surface area contributed by atoms with E-state index in [1.54, 1.807) is 6.20 Å². The van der Waals surface area contributed by atoms with Crippen LogP contribution in [0.5, 0.6) is 0 Å². The second-order valence-corrected chi connectivity index (χ2v) is 6.69. The van der Waals surface area contributed by atoms with Crippen molar-refractivity contribution < 1.29 is 19.1 Å². The molecule has 8 nitrogen and oxygen atoms in total. The van der Waals surface area contributed by atoms with Crippen molar-refractivity contribution in [3.05, 3.63) is 53.4 Å². The van der Waals surface area contributed by atoms with Gasteiger partial charge in [-0.1, -0.05) is 12.1 Å². The Hall–Kier alpha value is -2.97. The molecule has 1 aliphatic rings. The summed E-state index contributed by atoms with van der Waals surface area (Å²) in [5.74, 6) is 1.39. The highest BCUT2D eigenvalue weighted by atomic mass is 16.5. The van der Waals surface area contributed by atoms with Gasteiger partial charge < -0.3 is 24.6 Å². The molecule has 3 aromatic rings. The molecule has 3 N–H and O–H groups in total. The number of imidazole rings is 1. The van der Waals surface area contributed by atoms with Crippen molar-refractivity contribution in [3.8, 4) is 0 Å². The predicted octanol–water partition coefficient (Wildman–Crippen LogP) is 2.17. The lowest BCUT2D eigenvalue weighted by molar-refractivity contribution is 0.0835. The number of hydrogen-bond donors (Lipinski definition) is 3. The summed E-state index contributed by atoms with van der Waals surface area (Å²) in [5.41, 5.74) is 4.44. The summed E-state index contributed by atoms with van der Waals surface area (Å²) in [6.45, 7) is 2.82. The second kappa shape index (κ2) is 7.95. The van der Waals surface area contributed by atoms with E-state index in [9.17, 15) is 4.79 Å². The van der Waals surface area contributed by atoms with Crippen molar-refractivity contribution in [1.29, 1.82) is 0 Å². The number of hydrogen-bond acceptors (Lipinski definition) is 6. The van der Waals surface area contributed by atoms with Crippen LogP contribution in [-0.4, -0.2) is 52.3 Å². The van der Waals surface area contributed by atoms with Crippen LogP contribution in [0.3, 0.4) is 0 Å². The van der Waals surface area contributed by atoms with Crippen LogP contribution in [0.15, 0.2) is 34.9 Å². The van der Waals surface area contributed by atoms with E-state index in [4.69, 9.17) is 14.3 Å². The molecule has 0 unspecified atom stereocenters. The van der Waals surface area contributed by atoms with Gasteiger partial charge in [-0.2, -0.15) is 0 Å². The van der Waals surface area contributed by atoms with Gasteiger partial charge in [0.25, 0.3) is 5.91 Å². The topological polar surface area (TPSA) is 113 Å². The van der Waals surface area contributed by atoms with Crippen LogP contribution < -0.4 is 5.32 Å². The van der Waals surface area contributed by atoms with E-state index in [0.29, 0.717) is 24.7 Å². The minimum Gasteiger partial charge on any atom is -0.441 e. The van der Waals surface area contributed by atoms with Gasteiger partial charge in [-0.25, -0.2) is 9.97 Å². The minimum atomic E-state index is -0.221. The Balaban J connectivity index is 1.36. The number of aromatic amines is 1. The summed E-state index contributed by atoms with van der Waals surface area (Å²) in [7, 11) is 0. The molecule has 0 saturated heterocycles. The van der Waals surface area contributed by atoms with Crippen molar-refractivity contribution in [3.63, 3.8) is 0 Å². The molecule has 0 saturated carbocycles. The lowest BCUT2D eigenvalue weighted by Crippen LogP contribution is -2.28. The monoisotopic (exact) mass is 382 g/mol. The molecule has 0 aliphatic heterocycles. The number of aliphatic hydroxyl groups excluding tert-OH is 1. The fourth-order valence-corrected chi connectivity index (χ4v) is 3.22. The predicted molar refractivity (Wildman–Crippen MR) is 103 cm³/mol. The molecule has 0 fully saturated rings. The first-order chi connectivity index (χ1) is 13.6. The van der Waals surface area contributed by atoms with Crippen LogP contribution in [0.4, 0.5) is 0 Å². The smallest absolute Gasteiger partial charge is 0.269 e. The number of oxazole rings is 1. The van der Waals surface area contributed by atoms with E-state index in [1.807, 2.05) is 25.1 Å². The van der Waals surface area contributed by atoms with Crippen molar-refractivity contribution in [2.45, 2.75) is 19.3 Å². The van der Waals surface area contributed by atoms with Crippen LogP contribution in [-0.2, 0) is 4.74 Å². The number of carbonyl (C=O) groups excluding carboxylic acids is 1. The molecule has 1 atom stereocenters. The molecule has 28 heavy (non-hydrogen) atoms. The average molecular weight is 382 g/mol. The summed E-state index contributed by atoms with van der Waals surface area (Å²) in [6, 6.07) is 6.01. The molecule has 1 aromatic carbocycles. The number of aromatic nitrogens is 3. The Kier molecular flexibility index (Phi) is 5.23. The molecule has 2 heterocycles. The summed E-state index contributed by atoms with van der Waals surface area (Å²) >= 11 is 0. The summed E-state index contributed by atoms with van der Waals surface area (Å²) in [4.78, 5) is 23.9. The number of nitrogens with zero attached hydrogens (tertiary/aromatic N) is 2. The average Bonchev–Trinajstić information content (AvgIpc) is 3.26. The fraction of sp³-hybridized carbons (Fsp3) is 0.350. The third-order valence-corrected chi connectivity index (χ3v) is 4.67. The Morgan fingerprint density at radius 1 is 1.43 bits per heavy atom. The zero-order chi connectivity index (χ0) is 19.5. The zero-order valence-electron chi connectivity index (χ0n) is 15.6. The number of fused-ring (bicyclic) bond motifs is 1. The lowest BCUT2D eigenvalue weighted by Gasteiger charge is -2.24. The van der Waals surface area contributed by atoms with Gasteiger partial charge in [-0.15, -0.1) is 0 Å². The van der Waals surface area contributed by atoms with Gasteiger partial charge in [0.1, 0.15) is 17.0 Å². The van der Waals surface area contributed by atoms with Crippen molar-refractivity contribution in [2.75, 3.05) is 26.4 Å². The molecule has 2 aromatic heterocycles. The number of allylic oxidation sites excluding steroid dienone is 2. The van der Waals surface area contributed by atoms with Crippen LogP contribution >= 0.6 is 0 Å². The van der Waals surface area contributed by atoms with Gasteiger partial charge in [0.05, 0.1) is 26.0 Å². The second-order valence-electron chi connectivity index (χ2n) is 6.69. The molecule has 0 radical (unpaired) electrons. The molecule has 0 bridgehead atoms. The summed E-state index contributed by atoms with van der Waals surface area (Å²) < 4.78 is 10.6. The Bertz CT molecular complexity index is 1020. The molecule has 0 spiro atoms. The highest BCUT2D eigenvalue weighted by Gasteiger charge is 2.25. The first-order valence-corrected chi connectivity index (χ1v) is 9.24. The van der Waals surface area contributed by atoms with E-state index in [2.05, 4.69) is 26.3 Å². The number of benzene rings is 1. The number of amides is 1. The molecule has 1 amide bonds. The maximum atomic E-state index is 12.1. The number of aryl methyl sites for hydroxylation is 1. The fourth-order valence-electron chi connectivity index (χ4n) is 3.22. The van der Waals surface area contributed by atoms with Gasteiger partial charge in [-0.3, -0.25) is 4.79 Å². The standard InChI is InChI=1S/C20H22N4O4/c1-12-23-16-10-13(2-3-18(16)28-12)14-8-15(9-14)19-22-11-17(24-19)20(26)21-4-6-27-7-5-25/h2-3,8,10-11,15,25H,4-7,9H2,1H3,(H,21,26)(H,22,24)/t15-/m1/s1. The first kappa shape index (κ1) is 18.4. The van der Waals surface area contributed by atoms with Crippen LogP contribution in [0.1, 0.15) is 40.1 Å². The van der Waals surface area contributed by atoms with Gasteiger partial charge in [0, 0.05) is 19.4 Å². The van der Waals surface area contributed by atoms with E-state index in [-0.39, 0.29) is 25.0 Å². The van der Waals surface area contributed by atoms with Gasteiger partial charge >= 0.3 is 0 Å². The largest absolute Gasteiger partial charge is 0.441 e. The highest BCUT2D eigenvalue weighted by Crippen LogP contribution is 2.40. The molecule has 8 heteroatoms. The molecular formula is C20H22N4O4. The van der Waals surface area contributed by atoms with Gasteiger partial charge in [0.15, 0.2) is 11.5 Å². The van der Waals surface area contributed by atoms with E-state index in [0.717, 1.165) is 28.9 Å². The summed E-state index contributed by atoms with van der Waals surface area (Å²) in [5, 5.41) is 11.4. The zero-order valence-corrected chi connectivity index (χ0v) is 15.6. The number of aliphatic hydroxyl groups is 1. The van der Waals surface area contributed by atoms with E-state index >= 15 is 0 Å². The maximum absolute atomic E-state index is 12.1. The number of nitrogens with one attached hydrogen (secondary N) is 2. The van der Waals surface area contributed by atoms with Crippen molar-refractivity contribution in [2.24, 2.45) is 0 Å². The molecule has 146 valence electrons. The number of H-pyrrole nitrogens is 1. The minimum absolute atomic E-state index is 0.0269. The quantitative estimate of drug-likeness (QED) is 0.515. The molecule has 1 aliphatic carbocycles. The van der Waals surface area contributed by atoms with Crippen LogP contribution in [0, 0.1) is 6.92 Å². The van der Waals surface area contributed by atoms with E-state index < -0.39 is 0 Å². The number of ether oxygens (including phenoxy) is 1. The lowest BCUT2D eigenvalue weighted by atomic mass is 9.82. The Labute approximate surface area is 161 Å². The number of rotatable bonds is 8. The number of carbonyl (C=O) groups is 1. The summed E-state index contributed by atoms with van der Waals surface area (Å²) in [6.07, 6.45) is 4.55. The Morgan fingerprint density at radius 3 is 3.11 bits per heavy atom. The van der Waals surface area contributed by atoms with E-state index in [1.165, 1.54) is 5.57 Å². The third-order valence-electron chi connectivity index (χ3n) is 4.67. The normalized spacial score (nSPS) is 16.1. The van der Waals surface area contributed by atoms with Crippen molar-refractivity contribution >= 4 is 22.6 Å². The van der Waals surface area contributed by atoms with Crippen molar-refractivity contribution in [1.82, 2.24) is 20.3 Å². The maximum Gasteiger partial charge on any atom is 0.269 e. The van der Waals surface area contributed by atoms with Gasteiger partial charge in [0.2, 0.25) is 0 Å². The first-order valence-electron chi connectivity index (χ1n) is 9.24. The molecular weight excluding hydrogens is 360 g/mol. The molecule has 4 rings (SSSR count). The van der Waals surface area contributed by atoms with Gasteiger partial charge in [-0.05, 0) is 29.7 Å². The Morgan fingerprint density at radius 2 is 2.29 bits per heavy atom. The highest BCUT2D eigenvalue weighted by molar-refractivity contribution is 5.92. The third kappa shape index (κ3) is 3.83. The SMILES string of the molecule is Cc1nc2cc(C3=C[C@@H](c4ncc(C(=O)NCCOCCO)[nH]4)C3)ccc2o1. The van der Waals surface area contributed by atoms with Crippen LogP contribution in [0.25, 0.3) is 16.7 Å².